The molecular weight excluding hydrogens is 317 g/mol. The van der Waals surface area contributed by atoms with Gasteiger partial charge in [-0.3, -0.25) is 0 Å². The maximum absolute atomic E-state index is 13.0. The van der Waals surface area contributed by atoms with Crippen LogP contribution in [0.5, 0.6) is 0 Å². The largest absolute Gasteiger partial charge is 0.332 e. The quantitative estimate of drug-likeness (QED) is 0.792. The third-order valence-corrected chi connectivity index (χ3v) is 6.73. The summed E-state index contributed by atoms with van der Waals surface area (Å²) in [6.45, 7) is 3.73. The zero-order valence-electron chi connectivity index (χ0n) is 11.9. The predicted molar refractivity (Wildman–Crippen MR) is 76.5 cm³/mol. The van der Waals surface area contributed by atoms with Crippen molar-refractivity contribution in [1.82, 2.24) is 4.31 Å². The average Bonchev–Trinajstić information content (AvgIpc) is 2.79. The summed E-state index contributed by atoms with van der Waals surface area (Å²) in [5.74, 6) is 0. The molecule has 0 N–H and O–H groups in total. The summed E-state index contributed by atoms with van der Waals surface area (Å²) in [5, 5.41) is 0. The molecule has 0 aromatic heterocycles. The van der Waals surface area contributed by atoms with Gasteiger partial charge in [-0.05, 0) is 44.4 Å². The highest BCUT2D eigenvalue weighted by atomic mass is 32.3. The van der Waals surface area contributed by atoms with Crippen LogP contribution in [0, 0.1) is 0 Å². The van der Waals surface area contributed by atoms with Gasteiger partial charge in [0.15, 0.2) is 0 Å². The second kappa shape index (κ2) is 5.66. The second-order valence-corrected chi connectivity index (χ2v) is 8.43. The van der Waals surface area contributed by atoms with E-state index < -0.39 is 25.1 Å². The van der Waals surface area contributed by atoms with Gasteiger partial charge in [-0.2, -0.15) is 12.7 Å². The third kappa shape index (κ3) is 3.12. The first kappa shape index (κ1) is 16.4. The Morgan fingerprint density at radius 1 is 1.19 bits per heavy atom. The highest BCUT2D eigenvalue weighted by Crippen LogP contribution is 2.33. The summed E-state index contributed by atoms with van der Waals surface area (Å²) in [7, 11) is -8.75. The zero-order chi connectivity index (χ0) is 15.8. The van der Waals surface area contributed by atoms with Crippen molar-refractivity contribution in [1.29, 1.82) is 0 Å². The molecule has 2 rings (SSSR count). The maximum Gasteiger partial charge on any atom is 0.332 e. The average molecular weight is 335 g/mol. The monoisotopic (exact) mass is 335 g/mol. The van der Waals surface area contributed by atoms with Crippen LogP contribution in [-0.2, 0) is 20.2 Å². The highest BCUT2D eigenvalue weighted by Gasteiger charge is 2.39. The molecule has 0 aliphatic carbocycles. The lowest BCUT2D eigenvalue weighted by molar-refractivity contribution is 0.328. The Bertz CT molecular complexity index is 730. The van der Waals surface area contributed by atoms with E-state index in [0.717, 1.165) is 25.0 Å². The van der Waals surface area contributed by atoms with Gasteiger partial charge in [0.05, 0.1) is 9.79 Å². The van der Waals surface area contributed by atoms with Crippen molar-refractivity contribution >= 4 is 20.2 Å². The van der Waals surface area contributed by atoms with Crippen LogP contribution in [-0.4, -0.2) is 33.2 Å². The Hall–Kier alpha value is -0.990. The Morgan fingerprint density at radius 2 is 1.81 bits per heavy atom. The summed E-state index contributed by atoms with van der Waals surface area (Å²) in [5.41, 5.74) is 0. The number of hydrogen-bond acceptors (Lipinski definition) is 4. The number of sulfonamides is 1. The van der Waals surface area contributed by atoms with Crippen molar-refractivity contribution in [3.05, 3.63) is 24.3 Å². The molecule has 1 saturated heterocycles. The zero-order valence-corrected chi connectivity index (χ0v) is 13.5. The van der Waals surface area contributed by atoms with Crippen LogP contribution in [0.1, 0.15) is 33.1 Å². The minimum absolute atomic E-state index is 0.101. The normalized spacial score (nSPS) is 24.3. The van der Waals surface area contributed by atoms with Crippen LogP contribution < -0.4 is 0 Å². The first-order valence-corrected chi connectivity index (χ1v) is 9.58. The van der Waals surface area contributed by atoms with E-state index in [9.17, 15) is 20.7 Å². The number of nitrogens with zero attached hydrogens (tertiary/aromatic N) is 1. The van der Waals surface area contributed by atoms with E-state index in [1.807, 2.05) is 13.8 Å². The molecule has 2 atom stereocenters. The van der Waals surface area contributed by atoms with Gasteiger partial charge >= 0.3 is 10.2 Å². The van der Waals surface area contributed by atoms with Gasteiger partial charge < -0.3 is 0 Å². The molecule has 1 aromatic carbocycles. The van der Waals surface area contributed by atoms with E-state index >= 15 is 0 Å². The van der Waals surface area contributed by atoms with Crippen LogP contribution in [0.3, 0.4) is 0 Å². The second-order valence-electron chi connectivity index (χ2n) is 5.24. The molecule has 5 nitrogen and oxygen atoms in total. The van der Waals surface area contributed by atoms with E-state index in [-0.39, 0.29) is 17.0 Å². The fourth-order valence-electron chi connectivity index (χ4n) is 2.77. The number of hydrogen-bond donors (Lipinski definition) is 0. The molecule has 0 saturated carbocycles. The molecule has 8 heteroatoms. The molecule has 21 heavy (non-hydrogen) atoms. The Labute approximate surface area is 125 Å². The molecule has 118 valence electrons. The Balaban J connectivity index is 2.50. The fourth-order valence-corrected chi connectivity index (χ4v) is 5.35. The molecule has 0 spiro atoms. The van der Waals surface area contributed by atoms with Crippen LogP contribution in [0.15, 0.2) is 34.1 Å². The minimum Gasteiger partial charge on any atom is -0.207 e. The van der Waals surface area contributed by atoms with Gasteiger partial charge in [-0.15, -0.1) is 3.89 Å². The van der Waals surface area contributed by atoms with Crippen molar-refractivity contribution in [2.24, 2.45) is 0 Å². The van der Waals surface area contributed by atoms with Gasteiger partial charge in [0.2, 0.25) is 10.0 Å². The molecule has 1 fully saturated rings. The standard InChI is InChI=1S/C13H18FNO4S2/c1-3-11-8-7-10(2)15(11)21(18,19)13-6-4-5-12(9-13)20(14,16)17/h4-6,9-11H,3,7-8H2,1-2H3. The number of benzene rings is 1. The summed E-state index contributed by atoms with van der Waals surface area (Å²) in [6.07, 6.45) is 2.22. The molecule has 0 amide bonds. The van der Waals surface area contributed by atoms with Gasteiger partial charge in [-0.25, -0.2) is 8.42 Å². The Kier molecular flexibility index (Phi) is 4.41. The van der Waals surface area contributed by atoms with Gasteiger partial charge in [0.1, 0.15) is 0 Å². The molecule has 0 radical (unpaired) electrons. The number of rotatable bonds is 4. The van der Waals surface area contributed by atoms with E-state index in [4.69, 9.17) is 0 Å². The summed E-state index contributed by atoms with van der Waals surface area (Å²) < 4.78 is 61.8. The lowest BCUT2D eigenvalue weighted by Gasteiger charge is -2.27. The molecule has 1 aliphatic heterocycles. The summed E-state index contributed by atoms with van der Waals surface area (Å²) in [6, 6.07) is 4.20. The van der Waals surface area contributed by atoms with Crippen molar-refractivity contribution < 1.29 is 20.7 Å². The van der Waals surface area contributed by atoms with Crippen LogP contribution in [0.25, 0.3) is 0 Å². The van der Waals surface area contributed by atoms with E-state index in [1.165, 1.54) is 16.4 Å². The fraction of sp³-hybridized carbons (Fsp3) is 0.538. The van der Waals surface area contributed by atoms with Gasteiger partial charge in [-0.1, -0.05) is 13.0 Å². The van der Waals surface area contributed by atoms with Crippen molar-refractivity contribution in [3.8, 4) is 0 Å². The predicted octanol–water partition coefficient (Wildman–Crippen LogP) is 2.30. The smallest absolute Gasteiger partial charge is 0.207 e. The SMILES string of the molecule is CCC1CCC(C)N1S(=O)(=O)c1cccc(S(=O)(=O)F)c1. The van der Waals surface area contributed by atoms with Crippen molar-refractivity contribution in [2.45, 2.75) is 55.0 Å². The molecular formula is C13H18FNO4S2. The first-order valence-electron chi connectivity index (χ1n) is 6.76. The van der Waals surface area contributed by atoms with Crippen LogP contribution in [0.2, 0.25) is 0 Å². The number of halogens is 1. The summed E-state index contributed by atoms with van der Waals surface area (Å²) >= 11 is 0. The minimum atomic E-state index is -4.92. The van der Waals surface area contributed by atoms with Gasteiger partial charge in [0.25, 0.3) is 0 Å². The maximum atomic E-state index is 13.0. The van der Waals surface area contributed by atoms with E-state index in [1.54, 1.807) is 0 Å². The summed E-state index contributed by atoms with van der Waals surface area (Å²) in [4.78, 5) is -0.822. The molecule has 0 bridgehead atoms. The lowest BCUT2D eigenvalue weighted by atomic mass is 10.2. The topological polar surface area (TPSA) is 71.5 Å². The Morgan fingerprint density at radius 3 is 2.38 bits per heavy atom. The van der Waals surface area contributed by atoms with Crippen molar-refractivity contribution in [2.75, 3.05) is 0 Å². The van der Waals surface area contributed by atoms with E-state index in [0.29, 0.717) is 6.42 Å². The van der Waals surface area contributed by atoms with Crippen molar-refractivity contribution in [3.63, 3.8) is 0 Å². The molecule has 1 aliphatic rings. The highest BCUT2D eigenvalue weighted by molar-refractivity contribution is 7.89. The van der Waals surface area contributed by atoms with Gasteiger partial charge in [0, 0.05) is 12.1 Å². The van der Waals surface area contributed by atoms with Crippen LogP contribution >= 0.6 is 0 Å². The van der Waals surface area contributed by atoms with Crippen LogP contribution in [0.4, 0.5) is 3.89 Å². The molecule has 1 aromatic rings. The molecule has 2 unspecified atom stereocenters. The first-order chi connectivity index (χ1) is 9.67. The molecule has 1 heterocycles. The lowest BCUT2D eigenvalue weighted by Crippen LogP contribution is -2.39. The van der Waals surface area contributed by atoms with E-state index in [2.05, 4.69) is 0 Å². The third-order valence-electron chi connectivity index (χ3n) is 3.85.